The van der Waals surface area contributed by atoms with E-state index in [0.717, 1.165) is 5.82 Å². The van der Waals surface area contributed by atoms with Crippen molar-refractivity contribution in [3.05, 3.63) is 12.1 Å². The zero-order valence-corrected chi connectivity index (χ0v) is 11.2. The number of nitrogens with one attached hydrogen (secondary N) is 1. The summed E-state index contributed by atoms with van der Waals surface area (Å²) in [5, 5.41) is 3.45. The van der Waals surface area contributed by atoms with E-state index in [1.165, 1.54) is 0 Å². The Morgan fingerprint density at radius 2 is 1.82 bits per heavy atom. The maximum atomic E-state index is 5.74. The number of rotatable bonds is 3. The second-order valence-electron chi connectivity index (χ2n) is 5.82. The van der Waals surface area contributed by atoms with Crippen LogP contribution in [0.4, 0.5) is 11.5 Å². The van der Waals surface area contributed by atoms with Gasteiger partial charge in [-0.1, -0.05) is 27.7 Å². The van der Waals surface area contributed by atoms with Gasteiger partial charge in [-0.15, -0.1) is 0 Å². The molecule has 0 radical (unpaired) electrons. The van der Waals surface area contributed by atoms with Gasteiger partial charge in [0, 0.05) is 6.04 Å². The molecule has 0 aromatic carbocycles. The first-order chi connectivity index (χ1) is 7.80. The summed E-state index contributed by atoms with van der Waals surface area (Å²) in [5.74, 6) is 1.30. The molecule has 1 fully saturated rings. The number of pyridine rings is 1. The first kappa shape index (κ1) is 12.0. The Hall–Kier alpha value is -1.45. The van der Waals surface area contributed by atoms with E-state index >= 15 is 0 Å². The third-order valence-electron chi connectivity index (χ3n) is 4.40. The van der Waals surface area contributed by atoms with Crippen LogP contribution in [0.3, 0.4) is 0 Å². The summed E-state index contributed by atoms with van der Waals surface area (Å²) in [6.07, 6.45) is 0. The van der Waals surface area contributed by atoms with Crippen LogP contribution in [0.25, 0.3) is 0 Å². The van der Waals surface area contributed by atoms with Crippen LogP contribution in [-0.2, 0) is 0 Å². The van der Waals surface area contributed by atoms with Crippen LogP contribution in [0.5, 0.6) is 5.88 Å². The van der Waals surface area contributed by atoms with Crippen LogP contribution >= 0.6 is 0 Å². The molecule has 0 amide bonds. The zero-order chi connectivity index (χ0) is 12.8. The Morgan fingerprint density at radius 1 is 1.24 bits per heavy atom. The lowest BCUT2D eigenvalue weighted by atomic mass is 10.0. The summed E-state index contributed by atoms with van der Waals surface area (Å²) in [4.78, 5) is 4.34. The van der Waals surface area contributed by atoms with E-state index in [-0.39, 0.29) is 10.8 Å². The maximum absolute atomic E-state index is 5.74. The number of anilines is 2. The average molecular weight is 235 g/mol. The van der Waals surface area contributed by atoms with Crippen LogP contribution in [0.15, 0.2) is 12.1 Å². The van der Waals surface area contributed by atoms with Gasteiger partial charge in [0.25, 0.3) is 0 Å². The molecule has 1 saturated carbocycles. The largest absolute Gasteiger partial charge is 0.479 e. The molecule has 2 rings (SSSR count). The van der Waals surface area contributed by atoms with Gasteiger partial charge in [0.15, 0.2) is 0 Å². The van der Waals surface area contributed by atoms with E-state index < -0.39 is 0 Å². The zero-order valence-electron chi connectivity index (χ0n) is 11.2. The van der Waals surface area contributed by atoms with Crippen LogP contribution in [-0.4, -0.2) is 18.1 Å². The molecule has 4 heteroatoms. The molecular weight excluding hydrogens is 214 g/mol. The molecule has 17 heavy (non-hydrogen) atoms. The predicted octanol–water partition coefficient (Wildman–Crippen LogP) is 2.52. The lowest BCUT2D eigenvalue weighted by Gasteiger charge is -2.10. The second kappa shape index (κ2) is 3.52. The topological polar surface area (TPSA) is 60.2 Å². The summed E-state index contributed by atoms with van der Waals surface area (Å²) >= 11 is 0. The lowest BCUT2D eigenvalue weighted by molar-refractivity contribution is 0.401. The number of nitrogens with zero attached hydrogens (tertiary/aromatic N) is 1. The Morgan fingerprint density at radius 3 is 2.29 bits per heavy atom. The molecule has 94 valence electrons. The van der Waals surface area contributed by atoms with Gasteiger partial charge >= 0.3 is 0 Å². The van der Waals surface area contributed by atoms with Crippen molar-refractivity contribution in [1.82, 2.24) is 4.98 Å². The van der Waals surface area contributed by atoms with Crippen molar-refractivity contribution in [2.75, 3.05) is 18.2 Å². The molecule has 1 aromatic heterocycles. The molecular formula is C13H21N3O. The molecule has 0 saturated heterocycles. The van der Waals surface area contributed by atoms with E-state index in [9.17, 15) is 0 Å². The highest BCUT2D eigenvalue weighted by atomic mass is 16.5. The second-order valence-corrected chi connectivity index (χ2v) is 5.82. The lowest BCUT2D eigenvalue weighted by Crippen LogP contribution is -2.11. The number of aromatic nitrogens is 1. The molecule has 0 spiro atoms. The van der Waals surface area contributed by atoms with E-state index in [2.05, 4.69) is 38.0 Å². The summed E-state index contributed by atoms with van der Waals surface area (Å²) in [6.45, 7) is 9.05. The molecule has 3 N–H and O–H groups in total. The minimum atomic E-state index is 0.281. The highest BCUT2D eigenvalue weighted by Crippen LogP contribution is 2.63. The Labute approximate surface area is 103 Å². The van der Waals surface area contributed by atoms with Gasteiger partial charge in [-0.3, -0.25) is 0 Å². The van der Waals surface area contributed by atoms with E-state index in [1.54, 1.807) is 7.11 Å². The fourth-order valence-electron chi connectivity index (χ4n) is 2.40. The molecule has 0 bridgehead atoms. The number of nitrogens with two attached hydrogens (primary N) is 1. The normalized spacial score (nSPS) is 21.0. The highest BCUT2D eigenvalue weighted by molar-refractivity contribution is 5.54. The average Bonchev–Trinajstić information content (AvgIpc) is 2.63. The maximum Gasteiger partial charge on any atom is 0.238 e. The Kier molecular flexibility index (Phi) is 2.49. The first-order valence-electron chi connectivity index (χ1n) is 5.87. The van der Waals surface area contributed by atoms with Gasteiger partial charge in [0.05, 0.1) is 12.8 Å². The van der Waals surface area contributed by atoms with Crippen molar-refractivity contribution in [2.24, 2.45) is 10.8 Å². The van der Waals surface area contributed by atoms with Crippen molar-refractivity contribution in [3.8, 4) is 5.88 Å². The number of hydrogen-bond acceptors (Lipinski definition) is 4. The molecule has 1 aliphatic carbocycles. The van der Waals surface area contributed by atoms with Crippen molar-refractivity contribution >= 4 is 11.5 Å². The number of nitrogen functional groups attached to an aromatic ring is 1. The third kappa shape index (κ3) is 1.72. The molecule has 1 aromatic rings. The van der Waals surface area contributed by atoms with Gasteiger partial charge in [0.2, 0.25) is 5.88 Å². The van der Waals surface area contributed by atoms with Crippen LogP contribution in [0.1, 0.15) is 27.7 Å². The van der Waals surface area contributed by atoms with Gasteiger partial charge in [-0.25, -0.2) is 0 Å². The van der Waals surface area contributed by atoms with Gasteiger partial charge < -0.3 is 15.8 Å². The molecule has 0 unspecified atom stereocenters. The van der Waals surface area contributed by atoms with Crippen LogP contribution in [0.2, 0.25) is 0 Å². The number of hydrogen-bond donors (Lipinski definition) is 2. The van der Waals surface area contributed by atoms with Crippen molar-refractivity contribution in [3.63, 3.8) is 0 Å². The SMILES string of the molecule is COc1nc(NC2C(C)(C)C2(C)C)ccc1N. The van der Waals surface area contributed by atoms with Crippen molar-refractivity contribution < 1.29 is 4.74 Å². The minimum Gasteiger partial charge on any atom is -0.479 e. The standard InChI is InChI=1S/C13H21N3O/c1-12(2)11(13(12,3)4)16-9-7-6-8(14)10(15-9)17-5/h6-7,11H,14H2,1-5H3,(H,15,16). The predicted molar refractivity (Wildman–Crippen MR) is 70.2 cm³/mol. The van der Waals surface area contributed by atoms with Gasteiger partial charge in [0.1, 0.15) is 5.82 Å². The number of ether oxygens (including phenoxy) is 1. The van der Waals surface area contributed by atoms with E-state index in [4.69, 9.17) is 10.5 Å². The quantitative estimate of drug-likeness (QED) is 0.845. The molecule has 0 aliphatic heterocycles. The fourth-order valence-corrected chi connectivity index (χ4v) is 2.40. The summed E-state index contributed by atoms with van der Waals surface area (Å²) in [6, 6.07) is 4.13. The van der Waals surface area contributed by atoms with E-state index in [1.807, 2.05) is 12.1 Å². The first-order valence-corrected chi connectivity index (χ1v) is 5.87. The minimum absolute atomic E-state index is 0.281. The smallest absolute Gasteiger partial charge is 0.238 e. The summed E-state index contributed by atoms with van der Waals surface area (Å²) in [7, 11) is 1.58. The third-order valence-corrected chi connectivity index (χ3v) is 4.40. The van der Waals surface area contributed by atoms with Crippen molar-refractivity contribution in [2.45, 2.75) is 33.7 Å². The van der Waals surface area contributed by atoms with Gasteiger partial charge in [-0.05, 0) is 23.0 Å². The Balaban J connectivity index is 2.16. The molecule has 1 aliphatic rings. The number of methoxy groups -OCH3 is 1. The fraction of sp³-hybridized carbons (Fsp3) is 0.615. The Bertz CT molecular complexity index is 426. The van der Waals surface area contributed by atoms with Crippen LogP contribution < -0.4 is 15.8 Å². The van der Waals surface area contributed by atoms with Crippen LogP contribution in [0, 0.1) is 10.8 Å². The molecule has 4 nitrogen and oxygen atoms in total. The summed E-state index contributed by atoms with van der Waals surface area (Å²) in [5.41, 5.74) is 6.86. The summed E-state index contributed by atoms with van der Waals surface area (Å²) < 4.78 is 5.12. The van der Waals surface area contributed by atoms with Crippen molar-refractivity contribution in [1.29, 1.82) is 0 Å². The highest BCUT2D eigenvalue weighted by Gasteiger charge is 2.65. The van der Waals surface area contributed by atoms with E-state index in [0.29, 0.717) is 17.6 Å². The molecule has 1 heterocycles. The molecule has 0 atom stereocenters. The van der Waals surface area contributed by atoms with Gasteiger partial charge in [-0.2, -0.15) is 4.98 Å². The monoisotopic (exact) mass is 235 g/mol.